The Hall–Kier alpha value is -0.370. The minimum atomic E-state index is 0.418. The molecular formula is C14H29NO. The molecule has 0 atom stereocenters. The minimum absolute atomic E-state index is 0.418. The van der Waals surface area contributed by atoms with E-state index in [-0.39, 0.29) is 0 Å². The van der Waals surface area contributed by atoms with Gasteiger partial charge in [0.15, 0.2) is 0 Å². The van der Waals surface area contributed by atoms with Gasteiger partial charge in [0, 0.05) is 12.8 Å². The average molecular weight is 227 g/mol. The molecule has 0 aliphatic carbocycles. The number of hydrogen-bond donors (Lipinski definition) is 1. The SMILES string of the molecule is CCC(=O)CCCCCCCCCCCN. The van der Waals surface area contributed by atoms with Crippen LogP contribution in [0.25, 0.3) is 0 Å². The Balaban J connectivity index is 2.96. The second-order valence-electron chi connectivity index (χ2n) is 4.61. The standard InChI is InChI=1S/C14H29NO/c1-2-14(16)12-10-8-6-4-3-5-7-9-11-13-15/h2-13,15H2,1H3. The van der Waals surface area contributed by atoms with Crippen molar-refractivity contribution in [3.8, 4) is 0 Å². The number of Topliss-reactive ketones (excluding diaryl/α,β-unsaturated/α-hetero) is 1. The third-order valence-corrected chi connectivity index (χ3v) is 3.05. The monoisotopic (exact) mass is 227 g/mol. The maximum atomic E-state index is 11.0. The normalized spacial score (nSPS) is 10.6. The topological polar surface area (TPSA) is 43.1 Å². The molecule has 0 radical (unpaired) electrons. The molecule has 0 unspecified atom stereocenters. The summed E-state index contributed by atoms with van der Waals surface area (Å²) in [6.45, 7) is 2.79. The molecule has 0 saturated carbocycles. The third kappa shape index (κ3) is 11.7. The van der Waals surface area contributed by atoms with E-state index in [1.807, 2.05) is 6.92 Å². The Morgan fingerprint density at radius 2 is 1.25 bits per heavy atom. The number of unbranched alkanes of at least 4 members (excludes halogenated alkanes) is 8. The molecule has 0 heterocycles. The smallest absolute Gasteiger partial charge is 0.132 e. The van der Waals surface area contributed by atoms with E-state index in [9.17, 15) is 4.79 Å². The quantitative estimate of drug-likeness (QED) is 0.515. The fourth-order valence-corrected chi connectivity index (χ4v) is 1.88. The van der Waals surface area contributed by atoms with Crippen molar-refractivity contribution in [1.82, 2.24) is 0 Å². The van der Waals surface area contributed by atoms with Crippen molar-refractivity contribution in [2.75, 3.05) is 6.54 Å². The van der Waals surface area contributed by atoms with Crippen molar-refractivity contribution in [3.05, 3.63) is 0 Å². The summed E-state index contributed by atoms with van der Waals surface area (Å²) in [5.74, 6) is 0.418. The highest BCUT2D eigenvalue weighted by Crippen LogP contribution is 2.10. The first-order chi connectivity index (χ1) is 7.81. The van der Waals surface area contributed by atoms with Gasteiger partial charge in [-0.25, -0.2) is 0 Å². The lowest BCUT2D eigenvalue weighted by molar-refractivity contribution is -0.118. The number of carbonyl (C=O) groups is 1. The molecule has 2 nitrogen and oxygen atoms in total. The predicted octanol–water partition coefficient (Wildman–Crippen LogP) is 3.83. The van der Waals surface area contributed by atoms with Gasteiger partial charge in [0.25, 0.3) is 0 Å². The summed E-state index contributed by atoms with van der Waals surface area (Å²) in [7, 11) is 0. The van der Waals surface area contributed by atoms with E-state index in [4.69, 9.17) is 5.73 Å². The van der Waals surface area contributed by atoms with Gasteiger partial charge in [0.2, 0.25) is 0 Å². The van der Waals surface area contributed by atoms with E-state index >= 15 is 0 Å². The lowest BCUT2D eigenvalue weighted by Crippen LogP contribution is -1.97. The summed E-state index contributed by atoms with van der Waals surface area (Å²) in [4.78, 5) is 11.0. The van der Waals surface area contributed by atoms with E-state index in [0.717, 1.165) is 19.4 Å². The lowest BCUT2D eigenvalue weighted by Gasteiger charge is -2.01. The minimum Gasteiger partial charge on any atom is -0.330 e. The second kappa shape index (κ2) is 12.7. The van der Waals surface area contributed by atoms with Gasteiger partial charge in [-0.3, -0.25) is 4.79 Å². The highest BCUT2D eigenvalue weighted by atomic mass is 16.1. The fourth-order valence-electron chi connectivity index (χ4n) is 1.88. The zero-order valence-electron chi connectivity index (χ0n) is 11.0. The number of hydrogen-bond acceptors (Lipinski definition) is 2. The molecule has 0 amide bonds. The molecule has 0 bridgehead atoms. The van der Waals surface area contributed by atoms with Crippen LogP contribution in [0, 0.1) is 0 Å². The average Bonchev–Trinajstić information content (AvgIpc) is 2.31. The first-order valence-electron chi connectivity index (χ1n) is 7.03. The summed E-state index contributed by atoms with van der Waals surface area (Å²) in [5, 5.41) is 0. The summed E-state index contributed by atoms with van der Waals surface area (Å²) < 4.78 is 0. The molecule has 16 heavy (non-hydrogen) atoms. The van der Waals surface area contributed by atoms with Crippen molar-refractivity contribution in [2.45, 2.75) is 77.6 Å². The van der Waals surface area contributed by atoms with Gasteiger partial charge in [-0.15, -0.1) is 0 Å². The van der Waals surface area contributed by atoms with Gasteiger partial charge in [-0.2, -0.15) is 0 Å². The molecule has 0 aliphatic heterocycles. The Kier molecular flexibility index (Phi) is 12.4. The third-order valence-electron chi connectivity index (χ3n) is 3.05. The van der Waals surface area contributed by atoms with Crippen molar-refractivity contribution in [1.29, 1.82) is 0 Å². The zero-order valence-corrected chi connectivity index (χ0v) is 11.0. The molecule has 2 heteroatoms. The van der Waals surface area contributed by atoms with Gasteiger partial charge in [-0.05, 0) is 19.4 Å². The number of nitrogens with two attached hydrogens (primary N) is 1. The van der Waals surface area contributed by atoms with Crippen LogP contribution in [-0.2, 0) is 4.79 Å². The van der Waals surface area contributed by atoms with Crippen molar-refractivity contribution >= 4 is 5.78 Å². The Bertz CT molecular complexity index is 157. The van der Waals surface area contributed by atoms with Crippen molar-refractivity contribution in [3.63, 3.8) is 0 Å². The van der Waals surface area contributed by atoms with E-state index < -0.39 is 0 Å². The zero-order chi connectivity index (χ0) is 12.1. The number of carbonyl (C=O) groups excluding carboxylic acids is 1. The van der Waals surface area contributed by atoms with Crippen LogP contribution >= 0.6 is 0 Å². The van der Waals surface area contributed by atoms with Gasteiger partial charge in [0.05, 0.1) is 0 Å². The predicted molar refractivity (Wildman–Crippen MR) is 70.5 cm³/mol. The summed E-state index contributed by atoms with van der Waals surface area (Å²) in [6, 6.07) is 0. The van der Waals surface area contributed by atoms with Gasteiger partial charge >= 0.3 is 0 Å². The number of rotatable bonds is 12. The maximum absolute atomic E-state index is 11.0. The Morgan fingerprint density at radius 3 is 1.69 bits per heavy atom. The summed E-state index contributed by atoms with van der Waals surface area (Å²) >= 11 is 0. The molecule has 96 valence electrons. The van der Waals surface area contributed by atoms with E-state index in [0.29, 0.717) is 12.2 Å². The van der Waals surface area contributed by atoms with E-state index in [2.05, 4.69) is 0 Å². The number of ketones is 1. The Morgan fingerprint density at radius 1 is 0.812 bits per heavy atom. The summed E-state index contributed by atoms with van der Waals surface area (Å²) in [5.41, 5.74) is 5.43. The summed E-state index contributed by atoms with van der Waals surface area (Å²) in [6.07, 6.45) is 13.0. The molecule has 0 aromatic rings. The molecular weight excluding hydrogens is 198 g/mol. The molecule has 0 saturated heterocycles. The van der Waals surface area contributed by atoms with Gasteiger partial charge in [0.1, 0.15) is 5.78 Å². The van der Waals surface area contributed by atoms with Gasteiger partial charge in [-0.1, -0.05) is 51.9 Å². The molecule has 0 spiro atoms. The van der Waals surface area contributed by atoms with Gasteiger partial charge < -0.3 is 5.73 Å². The first kappa shape index (κ1) is 15.6. The van der Waals surface area contributed by atoms with Crippen LogP contribution in [0.3, 0.4) is 0 Å². The molecule has 0 rings (SSSR count). The molecule has 0 aliphatic rings. The van der Waals surface area contributed by atoms with Crippen LogP contribution in [-0.4, -0.2) is 12.3 Å². The highest BCUT2D eigenvalue weighted by Gasteiger charge is 1.97. The van der Waals surface area contributed by atoms with Crippen LogP contribution in [0.2, 0.25) is 0 Å². The largest absolute Gasteiger partial charge is 0.330 e. The van der Waals surface area contributed by atoms with E-state index in [1.54, 1.807) is 0 Å². The maximum Gasteiger partial charge on any atom is 0.132 e. The van der Waals surface area contributed by atoms with Crippen LogP contribution < -0.4 is 5.73 Å². The fraction of sp³-hybridized carbons (Fsp3) is 0.929. The van der Waals surface area contributed by atoms with Crippen LogP contribution in [0.4, 0.5) is 0 Å². The van der Waals surface area contributed by atoms with Crippen LogP contribution in [0.15, 0.2) is 0 Å². The molecule has 2 N–H and O–H groups in total. The van der Waals surface area contributed by atoms with E-state index in [1.165, 1.54) is 51.4 Å². The second-order valence-corrected chi connectivity index (χ2v) is 4.61. The highest BCUT2D eigenvalue weighted by molar-refractivity contribution is 5.77. The van der Waals surface area contributed by atoms with Crippen LogP contribution in [0.1, 0.15) is 77.6 Å². The molecule has 0 aromatic heterocycles. The van der Waals surface area contributed by atoms with Crippen LogP contribution in [0.5, 0.6) is 0 Å². The first-order valence-corrected chi connectivity index (χ1v) is 7.03. The van der Waals surface area contributed by atoms with Crippen molar-refractivity contribution < 1.29 is 4.79 Å². The molecule has 0 fully saturated rings. The lowest BCUT2D eigenvalue weighted by atomic mass is 10.0. The Labute approximate surface area is 101 Å². The molecule has 0 aromatic carbocycles. The van der Waals surface area contributed by atoms with Crippen molar-refractivity contribution in [2.24, 2.45) is 5.73 Å².